The van der Waals surface area contributed by atoms with Crippen molar-refractivity contribution in [3.05, 3.63) is 0 Å². The van der Waals surface area contributed by atoms with Crippen LogP contribution in [0.2, 0.25) is 0 Å². The maximum absolute atomic E-state index is 11.9. The van der Waals surface area contributed by atoms with E-state index in [2.05, 4.69) is 43.6 Å². The zero-order chi connectivity index (χ0) is 11.3. The van der Waals surface area contributed by atoms with Crippen LogP contribution in [0.5, 0.6) is 0 Å². The lowest BCUT2D eigenvalue weighted by molar-refractivity contribution is -0.132. The Labute approximate surface area is 96.2 Å². The summed E-state index contributed by atoms with van der Waals surface area (Å²) in [4.78, 5) is 13.7. The summed E-state index contributed by atoms with van der Waals surface area (Å²) in [5, 5.41) is 0. The molecule has 0 aliphatic rings. The summed E-state index contributed by atoms with van der Waals surface area (Å²) in [6, 6.07) is 0.376. The minimum atomic E-state index is -0.0481. The predicted octanol–water partition coefficient (Wildman–Crippen LogP) is 3.05. The van der Waals surface area contributed by atoms with Crippen LogP contribution >= 0.6 is 15.9 Å². The predicted molar refractivity (Wildman–Crippen MR) is 64.7 cm³/mol. The molecule has 0 aliphatic carbocycles. The Balaban J connectivity index is 4.36. The third-order valence-corrected chi connectivity index (χ3v) is 4.11. The van der Waals surface area contributed by atoms with Gasteiger partial charge in [0.25, 0.3) is 0 Å². The van der Waals surface area contributed by atoms with Crippen LogP contribution in [-0.2, 0) is 4.79 Å². The van der Waals surface area contributed by atoms with Gasteiger partial charge >= 0.3 is 0 Å². The molecule has 0 rings (SSSR count). The van der Waals surface area contributed by atoms with E-state index in [4.69, 9.17) is 0 Å². The standard InChI is InChI=1S/C11H22BrNO/c1-6-9(7-2)13(5)11(14)10(12)8(3)4/h8-10H,6-7H2,1-5H3. The normalized spacial score (nSPS) is 13.4. The Bertz CT molecular complexity index is 178. The molecule has 0 radical (unpaired) electrons. The van der Waals surface area contributed by atoms with Crippen LogP contribution in [0.15, 0.2) is 0 Å². The Kier molecular flexibility index (Phi) is 6.41. The minimum absolute atomic E-state index is 0.0481. The Morgan fingerprint density at radius 3 is 2.00 bits per heavy atom. The van der Waals surface area contributed by atoms with Crippen LogP contribution < -0.4 is 0 Å². The number of hydrogen-bond acceptors (Lipinski definition) is 1. The number of rotatable bonds is 5. The van der Waals surface area contributed by atoms with Gasteiger partial charge in [0.1, 0.15) is 0 Å². The van der Waals surface area contributed by atoms with Crippen molar-refractivity contribution in [3.8, 4) is 0 Å². The molecular weight excluding hydrogens is 242 g/mol. The fourth-order valence-electron chi connectivity index (χ4n) is 1.50. The van der Waals surface area contributed by atoms with Gasteiger partial charge in [-0.15, -0.1) is 0 Å². The van der Waals surface area contributed by atoms with E-state index in [9.17, 15) is 4.79 Å². The van der Waals surface area contributed by atoms with E-state index in [0.29, 0.717) is 12.0 Å². The fraction of sp³-hybridized carbons (Fsp3) is 0.909. The van der Waals surface area contributed by atoms with E-state index < -0.39 is 0 Å². The third-order valence-electron chi connectivity index (χ3n) is 2.66. The highest BCUT2D eigenvalue weighted by Gasteiger charge is 2.25. The van der Waals surface area contributed by atoms with Gasteiger partial charge in [-0.25, -0.2) is 0 Å². The first-order chi connectivity index (χ1) is 6.45. The Morgan fingerprint density at radius 2 is 1.71 bits per heavy atom. The molecule has 1 amide bonds. The molecule has 0 aromatic carbocycles. The Hall–Kier alpha value is -0.0500. The van der Waals surface area contributed by atoms with Gasteiger partial charge in [0.2, 0.25) is 5.91 Å². The highest BCUT2D eigenvalue weighted by Crippen LogP contribution is 2.17. The molecule has 0 aromatic rings. The highest BCUT2D eigenvalue weighted by molar-refractivity contribution is 9.10. The summed E-state index contributed by atoms with van der Waals surface area (Å²) in [6.45, 7) is 8.35. The summed E-state index contributed by atoms with van der Waals surface area (Å²) in [7, 11) is 1.90. The lowest BCUT2D eigenvalue weighted by atomic mass is 10.1. The van der Waals surface area contributed by atoms with Crippen molar-refractivity contribution in [1.29, 1.82) is 0 Å². The van der Waals surface area contributed by atoms with Gasteiger partial charge in [0.05, 0.1) is 4.83 Å². The van der Waals surface area contributed by atoms with E-state index in [1.807, 2.05) is 11.9 Å². The average Bonchev–Trinajstić information content (AvgIpc) is 2.17. The summed E-state index contributed by atoms with van der Waals surface area (Å²) in [6.07, 6.45) is 2.05. The minimum Gasteiger partial charge on any atom is -0.342 e. The molecule has 0 saturated carbocycles. The van der Waals surface area contributed by atoms with Crippen molar-refractivity contribution < 1.29 is 4.79 Å². The summed E-state index contributed by atoms with van der Waals surface area (Å²) in [5.74, 6) is 0.549. The van der Waals surface area contributed by atoms with Crippen LogP contribution in [0.25, 0.3) is 0 Å². The summed E-state index contributed by atoms with van der Waals surface area (Å²) >= 11 is 3.44. The van der Waals surface area contributed by atoms with Gasteiger partial charge in [-0.3, -0.25) is 4.79 Å². The molecule has 0 aromatic heterocycles. The molecule has 1 unspecified atom stereocenters. The quantitative estimate of drug-likeness (QED) is 0.699. The molecule has 0 N–H and O–H groups in total. The highest BCUT2D eigenvalue weighted by atomic mass is 79.9. The van der Waals surface area contributed by atoms with Gasteiger partial charge < -0.3 is 4.90 Å². The lowest BCUT2D eigenvalue weighted by Crippen LogP contribution is -2.42. The molecule has 0 fully saturated rings. The maximum atomic E-state index is 11.9. The fourth-order valence-corrected chi connectivity index (χ4v) is 1.82. The maximum Gasteiger partial charge on any atom is 0.236 e. The van der Waals surface area contributed by atoms with Gasteiger partial charge in [0, 0.05) is 13.1 Å². The van der Waals surface area contributed by atoms with E-state index in [0.717, 1.165) is 12.8 Å². The summed E-state index contributed by atoms with van der Waals surface area (Å²) < 4.78 is 0. The van der Waals surface area contributed by atoms with Crippen LogP contribution in [-0.4, -0.2) is 28.7 Å². The number of carbonyl (C=O) groups excluding carboxylic acids is 1. The molecule has 2 nitrogen and oxygen atoms in total. The van der Waals surface area contributed by atoms with Crippen LogP contribution in [0.3, 0.4) is 0 Å². The van der Waals surface area contributed by atoms with E-state index in [-0.39, 0.29) is 10.7 Å². The second-order valence-electron chi connectivity index (χ2n) is 4.07. The zero-order valence-corrected chi connectivity index (χ0v) is 11.5. The van der Waals surface area contributed by atoms with Crippen molar-refractivity contribution in [2.75, 3.05) is 7.05 Å². The van der Waals surface area contributed by atoms with Crippen molar-refractivity contribution in [3.63, 3.8) is 0 Å². The number of alkyl halides is 1. The molecule has 3 heteroatoms. The topological polar surface area (TPSA) is 20.3 Å². The van der Waals surface area contributed by atoms with Crippen molar-refractivity contribution >= 4 is 21.8 Å². The number of hydrogen-bond donors (Lipinski definition) is 0. The smallest absolute Gasteiger partial charge is 0.236 e. The molecule has 0 heterocycles. The van der Waals surface area contributed by atoms with E-state index >= 15 is 0 Å². The Morgan fingerprint density at radius 1 is 1.29 bits per heavy atom. The van der Waals surface area contributed by atoms with Gasteiger partial charge in [0.15, 0.2) is 0 Å². The van der Waals surface area contributed by atoms with Crippen LogP contribution in [0.1, 0.15) is 40.5 Å². The molecule has 0 aliphatic heterocycles. The molecular formula is C11H22BrNO. The van der Waals surface area contributed by atoms with Crippen LogP contribution in [0, 0.1) is 5.92 Å². The summed E-state index contributed by atoms with van der Waals surface area (Å²) in [5.41, 5.74) is 0. The monoisotopic (exact) mass is 263 g/mol. The number of halogens is 1. The third kappa shape index (κ3) is 3.60. The average molecular weight is 264 g/mol. The molecule has 0 spiro atoms. The second-order valence-corrected chi connectivity index (χ2v) is 5.05. The molecule has 0 bridgehead atoms. The molecule has 84 valence electrons. The second kappa shape index (κ2) is 6.44. The first-order valence-corrected chi connectivity index (χ1v) is 6.27. The zero-order valence-electron chi connectivity index (χ0n) is 9.88. The SMILES string of the molecule is CCC(CC)N(C)C(=O)C(Br)C(C)C. The van der Waals surface area contributed by atoms with Crippen molar-refractivity contribution in [1.82, 2.24) is 4.90 Å². The number of carbonyl (C=O) groups is 1. The van der Waals surface area contributed by atoms with Crippen LogP contribution in [0.4, 0.5) is 0 Å². The van der Waals surface area contributed by atoms with Gasteiger partial charge in [-0.2, -0.15) is 0 Å². The van der Waals surface area contributed by atoms with E-state index in [1.54, 1.807) is 0 Å². The number of amides is 1. The van der Waals surface area contributed by atoms with Gasteiger partial charge in [-0.05, 0) is 18.8 Å². The lowest BCUT2D eigenvalue weighted by Gasteiger charge is -2.29. The molecule has 14 heavy (non-hydrogen) atoms. The molecule has 0 saturated heterocycles. The van der Waals surface area contributed by atoms with Crippen molar-refractivity contribution in [2.45, 2.75) is 51.4 Å². The molecule has 1 atom stereocenters. The van der Waals surface area contributed by atoms with Gasteiger partial charge in [-0.1, -0.05) is 43.6 Å². The number of nitrogens with zero attached hydrogens (tertiary/aromatic N) is 1. The van der Waals surface area contributed by atoms with E-state index in [1.165, 1.54) is 0 Å². The first kappa shape index (κ1) is 13.9. The largest absolute Gasteiger partial charge is 0.342 e. The van der Waals surface area contributed by atoms with Crippen molar-refractivity contribution in [2.24, 2.45) is 5.92 Å². The first-order valence-electron chi connectivity index (χ1n) is 5.36.